The first-order valence-electron chi connectivity index (χ1n) is 5.51. The molecule has 0 bridgehead atoms. The third kappa shape index (κ3) is 2.61. The van der Waals surface area contributed by atoms with E-state index in [0.717, 1.165) is 16.5 Å². The van der Waals surface area contributed by atoms with Crippen molar-refractivity contribution in [2.24, 2.45) is 0 Å². The average Bonchev–Trinajstić information content (AvgIpc) is 2.83. The van der Waals surface area contributed by atoms with Crippen LogP contribution < -0.4 is 10.6 Å². The van der Waals surface area contributed by atoms with Crippen LogP contribution >= 0.6 is 11.8 Å². The minimum atomic E-state index is -0.558. The monoisotopic (exact) mass is 257 g/mol. The van der Waals surface area contributed by atoms with Crippen LogP contribution in [0.2, 0.25) is 0 Å². The number of hydrogen-bond acceptors (Lipinski definition) is 5. The Hall–Kier alpha value is -1.08. The summed E-state index contributed by atoms with van der Waals surface area (Å²) in [6, 6.07) is -0.784. The van der Waals surface area contributed by atoms with Crippen LogP contribution in [0.25, 0.3) is 0 Å². The number of thioether (sulfide) groups is 1. The number of rotatable bonds is 2. The van der Waals surface area contributed by atoms with Crippen molar-refractivity contribution in [1.82, 2.24) is 15.5 Å². The average molecular weight is 257 g/mol. The van der Waals surface area contributed by atoms with Gasteiger partial charge >= 0.3 is 0 Å². The highest BCUT2D eigenvalue weighted by Gasteiger charge is 2.34. The second kappa shape index (κ2) is 5.05. The Kier molecular flexibility index (Phi) is 3.68. The lowest BCUT2D eigenvalue weighted by Gasteiger charge is -2.28. The summed E-state index contributed by atoms with van der Waals surface area (Å²) in [4.78, 5) is 35.9. The van der Waals surface area contributed by atoms with Crippen molar-refractivity contribution in [2.75, 3.05) is 18.7 Å². The highest BCUT2D eigenvalue weighted by atomic mass is 32.2. The minimum Gasteiger partial charge on any atom is -0.343 e. The lowest BCUT2D eigenvalue weighted by atomic mass is 10.0. The first kappa shape index (κ1) is 12.4. The highest BCUT2D eigenvalue weighted by molar-refractivity contribution is 7.99. The van der Waals surface area contributed by atoms with Crippen molar-refractivity contribution < 1.29 is 14.4 Å². The molecule has 2 atom stereocenters. The molecule has 2 saturated heterocycles. The fraction of sp³-hybridized carbons (Fsp3) is 0.700. The van der Waals surface area contributed by atoms with E-state index in [9.17, 15) is 14.4 Å². The molecule has 0 spiro atoms. The van der Waals surface area contributed by atoms with Crippen molar-refractivity contribution in [3.05, 3.63) is 0 Å². The number of nitrogens with one attached hydrogen (secondary N) is 2. The van der Waals surface area contributed by atoms with Gasteiger partial charge in [-0.15, -0.1) is 11.8 Å². The van der Waals surface area contributed by atoms with Gasteiger partial charge in [0, 0.05) is 25.1 Å². The Morgan fingerprint density at radius 3 is 2.94 bits per heavy atom. The van der Waals surface area contributed by atoms with Crippen LogP contribution in [0, 0.1) is 0 Å². The number of likely N-dealkylation sites (N-methyl/N-ethyl adjacent to an activating group) is 1. The molecule has 0 aliphatic carbocycles. The van der Waals surface area contributed by atoms with Crippen molar-refractivity contribution in [2.45, 2.75) is 24.9 Å². The van der Waals surface area contributed by atoms with Crippen molar-refractivity contribution >= 4 is 29.5 Å². The van der Waals surface area contributed by atoms with Crippen LogP contribution in [-0.4, -0.2) is 53.4 Å². The molecule has 2 unspecified atom stereocenters. The van der Waals surface area contributed by atoms with E-state index in [4.69, 9.17) is 0 Å². The molecule has 94 valence electrons. The molecule has 6 nitrogen and oxygen atoms in total. The van der Waals surface area contributed by atoms with E-state index >= 15 is 0 Å². The predicted molar refractivity (Wildman–Crippen MR) is 63.2 cm³/mol. The molecular formula is C10H15N3O3S. The Morgan fingerprint density at radius 2 is 2.29 bits per heavy atom. The topological polar surface area (TPSA) is 78.5 Å². The first-order valence-corrected chi connectivity index (χ1v) is 6.67. The van der Waals surface area contributed by atoms with Crippen LogP contribution in [0.1, 0.15) is 12.8 Å². The van der Waals surface area contributed by atoms with Gasteiger partial charge in [0.2, 0.25) is 11.8 Å². The lowest BCUT2D eigenvalue weighted by Crippen LogP contribution is -2.56. The van der Waals surface area contributed by atoms with E-state index in [0.29, 0.717) is 12.8 Å². The van der Waals surface area contributed by atoms with Gasteiger partial charge in [0.05, 0.1) is 6.04 Å². The number of hydrogen-bond donors (Lipinski definition) is 2. The molecule has 2 heterocycles. The van der Waals surface area contributed by atoms with Gasteiger partial charge in [-0.3, -0.25) is 24.6 Å². The van der Waals surface area contributed by atoms with Gasteiger partial charge in [0.25, 0.3) is 5.91 Å². The maximum atomic E-state index is 11.8. The van der Waals surface area contributed by atoms with Crippen molar-refractivity contribution in [3.63, 3.8) is 0 Å². The van der Waals surface area contributed by atoms with Gasteiger partial charge in [-0.1, -0.05) is 0 Å². The van der Waals surface area contributed by atoms with Gasteiger partial charge in [0.15, 0.2) is 0 Å². The third-order valence-electron chi connectivity index (χ3n) is 3.00. The Balaban J connectivity index is 1.92. The zero-order valence-corrected chi connectivity index (χ0v) is 10.4. The molecule has 17 heavy (non-hydrogen) atoms. The second-order valence-corrected chi connectivity index (χ2v) is 5.19. The van der Waals surface area contributed by atoms with E-state index < -0.39 is 6.04 Å². The molecule has 0 aromatic rings. The van der Waals surface area contributed by atoms with Crippen LogP contribution in [0.3, 0.4) is 0 Å². The molecule has 3 amide bonds. The molecule has 2 rings (SSSR count). The molecule has 2 aliphatic heterocycles. The Labute approximate surface area is 103 Å². The summed E-state index contributed by atoms with van der Waals surface area (Å²) in [5.74, 6) is 0.822. The quantitative estimate of drug-likeness (QED) is 0.615. The maximum absolute atomic E-state index is 11.8. The first-order chi connectivity index (χ1) is 8.09. The maximum Gasteiger partial charge on any atom is 0.251 e. The van der Waals surface area contributed by atoms with Crippen LogP contribution in [0.5, 0.6) is 0 Å². The third-order valence-corrected chi connectivity index (χ3v) is 3.94. The molecule has 0 radical (unpaired) electrons. The van der Waals surface area contributed by atoms with E-state index in [1.807, 2.05) is 0 Å². The molecule has 0 saturated carbocycles. The summed E-state index contributed by atoms with van der Waals surface area (Å²) < 4.78 is 0. The smallest absolute Gasteiger partial charge is 0.251 e. The number of nitrogens with zero attached hydrogens (tertiary/aromatic N) is 1. The highest BCUT2D eigenvalue weighted by Crippen LogP contribution is 2.13. The number of carbonyl (C=O) groups is 3. The normalized spacial score (nSPS) is 29.6. The second-order valence-electron chi connectivity index (χ2n) is 4.16. The molecule has 0 aromatic carbocycles. The summed E-state index contributed by atoms with van der Waals surface area (Å²) in [6.45, 7) is 0. The van der Waals surface area contributed by atoms with E-state index in [1.54, 1.807) is 11.8 Å². The summed E-state index contributed by atoms with van der Waals surface area (Å²) in [6.07, 6.45) is 0.702. The minimum absolute atomic E-state index is 0.156. The standard InChI is InChI=1S/C10H15N3O3S/c1-13-8(14)3-2-6(10(13)16)12-9(15)7-4-17-5-11-7/h6-7,11H,2-5H2,1H3,(H,12,15). The molecule has 0 aromatic heterocycles. The largest absolute Gasteiger partial charge is 0.343 e. The fourth-order valence-corrected chi connectivity index (χ4v) is 2.83. The van der Waals surface area contributed by atoms with Crippen molar-refractivity contribution in [1.29, 1.82) is 0 Å². The molecule has 2 aliphatic rings. The van der Waals surface area contributed by atoms with Gasteiger partial charge in [0.1, 0.15) is 6.04 Å². The number of piperidine rings is 1. The summed E-state index contributed by atoms with van der Waals surface area (Å²) in [7, 11) is 1.45. The summed E-state index contributed by atoms with van der Waals surface area (Å²) in [5.41, 5.74) is 0. The Bertz CT molecular complexity index is 355. The molecule has 2 fully saturated rings. The van der Waals surface area contributed by atoms with Gasteiger partial charge < -0.3 is 5.32 Å². The van der Waals surface area contributed by atoms with Gasteiger partial charge in [-0.05, 0) is 6.42 Å². The zero-order chi connectivity index (χ0) is 12.4. The van der Waals surface area contributed by atoms with E-state index in [1.165, 1.54) is 7.05 Å². The number of carbonyl (C=O) groups excluding carboxylic acids is 3. The van der Waals surface area contributed by atoms with Gasteiger partial charge in [-0.25, -0.2) is 0 Å². The van der Waals surface area contributed by atoms with Crippen LogP contribution in [0.15, 0.2) is 0 Å². The molecular weight excluding hydrogens is 242 g/mol. The number of imide groups is 1. The molecule has 2 N–H and O–H groups in total. The van der Waals surface area contributed by atoms with Gasteiger partial charge in [-0.2, -0.15) is 0 Å². The van der Waals surface area contributed by atoms with E-state index in [2.05, 4.69) is 10.6 Å². The zero-order valence-electron chi connectivity index (χ0n) is 9.56. The fourth-order valence-electron chi connectivity index (χ4n) is 1.89. The molecule has 7 heteroatoms. The van der Waals surface area contributed by atoms with Crippen LogP contribution in [0.4, 0.5) is 0 Å². The van der Waals surface area contributed by atoms with E-state index in [-0.39, 0.29) is 23.8 Å². The SMILES string of the molecule is CN1C(=O)CCC(NC(=O)C2CSCN2)C1=O. The predicted octanol–water partition coefficient (Wildman–Crippen LogP) is -1.09. The number of amides is 3. The van der Waals surface area contributed by atoms with Crippen molar-refractivity contribution in [3.8, 4) is 0 Å². The number of likely N-dealkylation sites (tertiary alicyclic amines) is 1. The summed E-state index contributed by atoms with van der Waals surface area (Å²) in [5, 5.41) is 5.74. The Morgan fingerprint density at radius 1 is 1.53 bits per heavy atom. The summed E-state index contributed by atoms with van der Waals surface area (Å²) >= 11 is 1.65. The van der Waals surface area contributed by atoms with Crippen LogP contribution in [-0.2, 0) is 14.4 Å². The lowest BCUT2D eigenvalue weighted by molar-refractivity contribution is -0.149.